The van der Waals surface area contributed by atoms with Crippen LogP contribution in [0.15, 0.2) is 23.4 Å². The van der Waals surface area contributed by atoms with Gasteiger partial charge < -0.3 is 27.2 Å². The van der Waals surface area contributed by atoms with Gasteiger partial charge in [0.05, 0.1) is 14.2 Å². The molecule has 23 heavy (non-hydrogen) atoms. The summed E-state index contributed by atoms with van der Waals surface area (Å²) in [5, 5.41) is 15.6. The summed E-state index contributed by atoms with van der Waals surface area (Å²) in [4.78, 5) is 0. The largest absolute Gasteiger partial charge is 1.00 e. The van der Waals surface area contributed by atoms with Crippen LogP contribution in [0.25, 0.3) is 0 Å². The summed E-state index contributed by atoms with van der Waals surface area (Å²) in [5.74, 6) is 2.51. The van der Waals surface area contributed by atoms with Crippen LogP contribution in [0.1, 0.15) is 12.0 Å². The average Bonchev–Trinajstić information content (AvgIpc) is 2.95. The molecular formula is C14H21ClN5O2S-. The number of benzene rings is 1. The van der Waals surface area contributed by atoms with E-state index in [1.165, 1.54) is 0 Å². The Balaban J connectivity index is 0.00000264. The minimum Gasteiger partial charge on any atom is -1.00 e. The van der Waals surface area contributed by atoms with Crippen LogP contribution >= 0.6 is 11.8 Å². The van der Waals surface area contributed by atoms with Crippen molar-refractivity contribution in [1.82, 2.24) is 25.5 Å². The Hall–Kier alpha value is -1.51. The highest BCUT2D eigenvalue weighted by molar-refractivity contribution is 7.99. The number of tetrazole rings is 1. The molecule has 0 spiro atoms. The molecule has 0 radical (unpaired) electrons. The molecule has 2 aromatic rings. The van der Waals surface area contributed by atoms with Gasteiger partial charge in [-0.1, -0.05) is 23.9 Å². The summed E-state index contributed by atoms with van der Waals surface area (Å²) < 4.78 is 12.4. The molecule has 128 valence electrons. The number of halogens is 1. The van der Waals surface area contributed by atoms with Gasteiger partial charge in [-0.05, 0) is 29.5 Å². The number of ether oxygens (including phenoxy) is 2. The van der Waals surface area contributed by atoms with Crippen LogP contribution in [0, 0.1) is 0 Å². The number of nitrogens with one attached hydrogen (secondary N) is 1. The second kappa shape index (κ2) is 10.3. The predicted molar refractivity (Wildman–Crippen MR) is 85.4 cm³/mol. The van der Waals surface area contributed by atoms with Crippen LogP contribution in [-0.2, 0) is 13.6 Å². The molecule has 0 aliphatic heterocycles. The monoisotopic (exact) mass is 358 g/mol. The zero-order chi connectivity index (χ0) is 15.8. The number of nitrogens with zero attached hydrogens (tertiary/aromatic N) is 4. The number of hydrogen-bond acceptors (Lipinski definition) is 7. The molecule has 0 unspecified atom stereocenters. The number of thioether (sulfide) groups is 1. The fourth-order valence-electron chi connectivity index (χ4n) is 2.02. The summed E-state index contributed by atoms with van der Waals surface area (Å²) >= 11 is 1.66. The third-order valence-corrected chi connectivity index (χ3v) is 4.21. The fourth-order valence-corrected chi connectivity index (χ4v) is 2.81. The zero-order valence-electron chi connectivity index (χ0n) is 13.5. The number of aryl methyl sites for hydroxylation is 1. The summed E-state index contributed by atoms with van der Waals surface area (Å²) in [6.45, 7) is 1.66. The average molecular weight is 359 g/mol. The van der Waals surface area contributed by atoms with Gasteiger partial charge in [-0.3, -0.25) is 0 Å². The van der Waals surface area contributed by atoms with Crippen LogP contribution in [0.3, 0.4) is 0 Å². The van der Waals surface area contributed by atoms with Crippen molar-refractivity contribution < 1.29 is 21.9 Å². The molecule has 1 heterocycles. The normalized spacial score (nSPS) is 10.2. The second-order valence-corrected chi connectivity index (χ2v) is 5.68. The zero-order valence-corrected chi connectivity index (χ0v) is 15.0. The van der Waals surface area contributed by atoms with Crippen molar-refractivity contribution in [1.29, 1.82) is 0 Å². The molecule has 0 saturated carbocycles. The third-order valence-electron chi connectivity index (χ3n) is 3.11. The van der Waals surface area contributed by atoms with Crippen LogP contribution in [0.5, 0.6) is 11.5 Å². The van der Waals surface area contributed by atoms with Crippen LogP contribution in [0.4, 0.5) is 0 Å². The highest BCUT2D eigenvalue weighted by Crippen LogP contribution is 2.30. The minimum absolute atomic E-state index is 0. The maximum Gasteiger partial charge on any atom is 0.209 e. The van der Waals surface area contributed by atoms with Crippen LogP contribution in [-0.4, -0.2) is 46.7 Å². The lowest BCUT2D eigenvalue weighted by Gasteiger charge is -2.13. The standard InChI is InChI=1S/C14H21N5O2S.ClH/c1-19-14(16-17-18-19)22-9-5-8-15-10-11-6-4-7-12(20-2)13(11)21-3;/h4,6-7,15H,5,8-10H2,1-3H3;1H/p-1. The van der Waals surface area contributed by atoms with Gasteiger partial charge in [-0.2, -0.15) is 0 Å². The van der Waals surface area contributed by atoms with E-state index < -0.39 is 0 Å². The molecule has 0 bridgehead atoms. The van der Waals surface area contributed by atoms with E-state index in [0.29, 0.717) is 0 Å². The number of para-hydroxylation sites is 1. The lowest BCUT2D eigenvalue weighted by molar-refractivity contribution is -0.00000529. The number of aromatic nitrogens is 4. The molecule has 0 fully saturated rings. The van der Waals surface area contributed by atoms with Gasteiger partial charge in [-0.15, -0.1) is 5.10 Å². The highest BCUT2D eigenvalue weighted by Gasteiger charge is 2.08. The maximum absolute atomic E-state index is 5.41. The Bertz CT molecular complexity index is 596. The number of hydrogen-bond donors (Lipinski definition) is 1. The van der Waals surface area contributed by atoms with Gasteiger partial charge >= 0.3 is 0 Å². The molecule has 1 aromatic carbocycles. The van der Waals surface area contributed by atoms with Gasteiger partial charge in [0, 0.05) is 24.9 Å². The van der Waals surface area contributed by atoms with E-state index in [4.69, 9.17) is 9.47 Å². The second-order valence-electron chi connectivity index (χ2n) is 4.62. The molecule has 1 aromatic heterocycles. The quantitative estimate of drug-likeness (QED) is 0.432. The fraction of sp³-hybridized carbons (Fsp3) is 0.500. The van der Waals surface area contributed by atoms with E-state index in [1.807, 2.05) is 25.2 Å². The van der Waals surface area contributed by atoms with Crippen molar-refractivity contribution in [2.75, 3.05) is 26.5 Å². The van der Waals surface area contributed by atoms with Crippen molar-refractivity contribution in [2.45, 2.75) is 18.1 Å². The number of methoxy groups -OCH3 is 2. The van der Waals surface area contributed by atoms with Gasteiger partial charge in [0.25, 0.3) is 0 Å². The van der Waals surface area contributed by atoms with E-state index in [0.717, 1.165) is 47.5 Å². The predicted octanol–water partition coefficient (Wildman–Crippen LogP) is -1.50. The third kappa shape index (κ3) is 5.56. The molecule has 0 saturated heterocycles. The maximum atomic E-state index is 5.41. The molecule has 1 N–H and O–H groups in total. The Kier molecular flexibility index (Phi) is 8.75. The smallest absolute Gasteiger partial charge is 0.209 e. The van der Waals surface area contributed by atoms with Crippen molar-refractivity contribution in [3.63, 3.8) is 0 Å². The Morgan fingerprint density at radius 3 is 2.74 bits per heavy atom. The highest BCUT2D eigenvalue weighted by atomic mass is 35.5. The van der Waals surface area contributed by atoms with E-state index in [9.17, 15) is 0 Å². The van der Waals surface area contributed by atoms with E-state index in [1.54, 1.807) is 30.7 Å². The summed E-state index contributed by atoms with van der Waals surface area (Å²) in [6.07, 6.45) is 1.03. The van der Waals surface area contributed by atoms with Gasteiger partial charge in [0.15, 0.2) is 11.5 Å². The van der Waals surface area contributed by atoms with Crippen molar-refractivity contribution in [3.8, 4) is 11.5 Å². The summed E-state index contributed by atoms with van der Waals surface area (Å²) in [6, 6.07) is 5.90. The minimum atomic E-state index is 0. The molecule has 0 amide bonds. The first-order chi connectivity index (χ1) is 10.8. The van der Waals surface area contributed by atoms with Gasteiger partial charge in [-0.25, -0.2) is 4.68 Å². The molecule has 7 nitrogen and oxygen atoms in total. The lowest BCUT2D eigenvalue weighted by Crippen LogP contribution is -3.00. The first kappa shape index (κ1) is 19.5. The van der Waals surface area contributed by atoms with Gasteiger partial charge in [0.2, 0.25) is 5.16 Å². The molecular weight excluding hydrogens is 338 g/mol. The first-order valence-electron chi connectivity index (χ1n) is 7.02. The topological polar surface area (TPSA) is 74.1 Å². The molecule has 0 aliphatic carbocycles. The summed E-state index contributed by atoms with van der Waals surface area (Å²) in [7, 11) is 5.15. The Labute approximate surface area is 146 Å². The van der Waals surface area contributed by atoms with E-state index in [2.05, 4.69) is 20.8 Å². The van der Waals surface area contributed by atoms with Crippen molar-refractivity contribution >= 4 is 11.8 Å². The molecule has 0 aliphatic rings. The van der Waals surface area contributed by atoms with E-state index in [-0.39, 0.29) is 12.4 Å². The van der Waals surface area contributed by atoms with Crippen LogP contribution < -0.4 is 27.2 Å². The van der Waals surface area contributed by atoms with Crippen LogP contribution in [0.2, 0.25) is 0 Å². The van der Waals surface area contributed by atoms with Crippen molar-refractivity contribution in [3.05, 3.63) is 23.8 Å². The Morgan fingerprint density at radius 1 is 1.26 bits per heavy atom. The molecule has 2 rings (SSSR count). The molecule has 0 atom stereocenters. The van der Waals surface area contributed by atoms with Crippen molar-refractivity contribution in [2.24, 2.45) is 7.05 Å². The number of rotatable bonds is 9. The SMILES string of the molecule is COc1cccc(CNCCCSc2nnnn2C)c1OC.[Cl-]. The lowest BCUT2D eigenvalue weighted by atomic mass is 10.2. The first-order valence-corrected chi connectivity index (χ1v) is 8.00. The molecule has 9 heteroatoms. The summed E-state index contributed by atoms with van der Waals surface area (Å²) in [5.41, 5.74) is 1.09. The Morgan fingerprint density at radius 2 is 2.09 bits per heavy atom. The van der Waals surface area contributed by atoms with E-state index >= 15 is 0 Å². The van der Waals surface area contributed by atoms with Gasteiger partial charge in [0.1, 0.15) is 0 Å².